The van der Waals surface area contributed by atoms with E-state index in [9.17, 15) is 9.59 Å². The molecule has 1 unspecified atom stereocenters. The number of nitrogens with one attached hydrogen (secondary N) is 1. The lowest BCUT2D eigenvalue weighted by molar-refractivity contribution is -0.149. The van der Waals surface area contributed by atoms with Crippen molar-refractivity contribution in [1.82, 2.24) is 10.2 Å². The second kappa shape index (κ2) is 9.46. The molecule has 0 aliphatic carbocycles. The van der Waals surface area contributed by atoms with Crippen LogP contribution in [0.3, 0.4) is 0 Å². The van der Waals surface area contributed by atoms with Crippen LogP contribution in [-0.4, -0.2) is 42.8 Å². The Morgan fingerprint density at radius 3 is 2.46 bits per heavy atom. The van der Waals surface area contributed by atoms with Gasteiger partial charge < -0.3 is 19.7 Å². The van der Waals surface area contributed by atoms with E-state index >= 15 is 0 Å². The van der Waals surface area contributed by atoms with Crippen LogP contribution in [0.5, 0.6) is 5.75 Å². The molecule has 1 saturated heterocycles. The van der Waals surface area contributed by atoms with Crippen molar-refractivity contribution in [3.05, 3.63) is 29.8 Å². The van der Waals surface area contributed by atoms with E-state index in [0.29, 0.717) is 38.5 Å². The molecule has 0 aromatic heterocycles. The van der Waals surface area contributed by atoms with Crippen LogP contribution in [0, 0.1) is 5.92 Å². The molecule has 26 heavy (non-hydrogen) atoms. The molecule has 1 aromatic rings. The molecule has 1 N–H and O–H groups in total. The highest BCUT2D eigenvalue weighted by molar-refractivity contribution is 5.76. The van der Waals surface area contributed by atoms with Crippen LogP contribution in [0.2, 0.25) is 0 Å². The molecule has 1 fully saturated rings. The van der Waals surface area contributed by atoms with Gasteiger partial charge in [-0.2, -0.15) is 0 Å². The summed E-state index contributed by atoms with van der Waals surface area (Å²) in [6.07, 6.45) is 0.834. The van der Waals surface area contributed by atoms with E-state index in [0.717, 1.165) is 11.3 Å². The summed E-state index contributed by atoms with van der Waals surface area (Å²) in [5, 5.41) is 2.88. The summed E-state index contributed by atoms with van der Waals surface area (Å²) < 4.78 is 11.0. The average molecular weight is 362 g/mol. The lowest BCUT2D eigenvalue weighted by atomic mass is 9.97. The lowest BCUT2D eigenvalue weighted by Crippen LogP contribution is -2.49. The number of carbonyl (C=O) groups is 2. The van der Waals surface area contributed by atoms with Crippen molar-refractivity contribution >= 4 is 12.0 Å². The first kappa shape index (κ1) is 20.1. The van der Waals surface area contributed by atoms with Gasteiger partial charge in [-0.1, -0.05) is 32.0 Å². The van der Waals surface area contributed by atoms with Gasteiger partial charge in [-0.05, 0) is 44.2 Å². The predicted octanol–water partition coefficient (Wildman–Crippen LogP) is 3.52. The maximum Gasteiger partial charge on any atom is 0.320 e. The molecule has 1 heterocycles. The molecule has 0 bridgehead atoms. The number of likely N-dealkylation sites (tertiary alicyclic amines) is 1. The highest BCUT2D eigenvalue weighted by Crippen LogP contribution is 2.26. The standard InChI is InChI=1S/C20H30N2O4/c1-5-25-19(23)16-10-12-22(13-11-16)20(24)21-15(4)26-18-9-7-6-8-17(18)14(2)3/h6-9,14-16H,5,10-13H2,1-4H3,(H,21,24). The molecule has 0 radical (unpaired) electrons. The number of amides is 2. The molecule has 1 aromatic carbocycles. The highest BCUT2D eigenvalue weighted by Gasteiger charge is 2.28. The Morgan fingerprint density at radius 2 is 1.85 bits per heavy atom. The number of para-hydroxylation sites is 1. The Morgan fingerprint density at radius 1 is 1.19 bits per heavy atom. The zero-order chi connectivity index (χ0) is 19.1. The largest absolute Gasteiger partial charge is 0.471 e. The summed E-state index contributed by atoms with van der Waals surface area (Å²) in [4.78, 5) is 25.9. The Balaban J connectivity index is 1.84. The Bertz CT molecular complexity index is 610. The van der Waals surface area contributed by atoms with Gasteiger partial charge in [-0.25, -0.2) is 4.79 Å². The van der Waals surface area contributed by atoms with Crippen molar-refractivity contribution in [3.8, 4) is 5.75 Å². The molecule has 2 rings (SSSR count). The molecule has 1 aliphatic rings. The van der Waals surface area contributed by atoms with Crippen molar-refractivity contribution in [2.75, 3.05) is 19.7 Å². The van der Waals surface area contributed by atoms with Gasteiger partial charge in [0.05, 0.1) is 12.5 Å². The van der Waals surface area contributed by atoms with Crippen molar-refractivity contribution in [2.24, 2.45) is 5.92 Å². The van der Waals surface area contributed by atoms with Crippen LogP contribution in [0.15, 0.2) is 24.3 Å². The van der Waals surface area contributed by atoms with E-state index in [2.05, 4.69) is 19.2 Å². The van der Waals surface area contributed by atoms with Crippen LogP contribution >= 0.6 is 0 Å². The zero-order valence-electron chi connectivity index (χ0n) is 16.2. The van der Waals surface area contributed by atoms with E-state index < -0.39 is 6.23 Å². The molecule has 144 valence electrons. The number of piperidine rings is 1. The van der Waals surface area contributed by atoms with Crippen molar-refractivity contribution in [2.45, 2.75) is 52.7 Å². The highest BCUT2D eigenvalue weighted by atomic mass is 16.5. The minimum atomic E-state index is -0.440. The first-order valence-corrected chi connectivity index (χ1v) is 9.40. The maximum absolute atomic E-state index is 12.4. The first-order valence-electron chi connectivity index (χ1n) is 9.40. The molecule has 6 heteroatoms. The van der Waals surface area contributed by atoms with Crippen molar-refractivity contribution in [1.29, 1.82) is 0 Å². The quantitative estimate of drug-likeness (QED) is 0.621. The zero-order valence-corrected chi connectivity index (χ0v) is 16.2. The van der Waals surface area contributed by atoms with Gasteiger partial charge in [-0.3, -0.25) is 4.79 Å². The number of esters is 1. The van der Waals surface area contributed by atoms with Gasteiger partial charge in [0.2, 0.25) is 0 Å². The maximum atomic E-state index is 12.4. The summed E-state index contributed by atoms with van der Waals surface area (Å²) in [7, 11) is 0. The van der Waals surface area contributed by atoms with Crippen LogP contribution in [0.1, 0.15) is 52.0 Å². The number of rotatable bonds is 6. The Hall–Kier alpha value is -2.24. The smallest absolute Gasteiger partial charge is 0.320 e. The van der Waals surface area contributed by atoms with Crippen LogP contribution < -0.4 is 10.1 Å². The number of benzene rings is 1. The van der Waals surface area contributed by atoms with Gasteiger partial charge in [0, 0.05) is 13.1 Å². The number of carbonyl (C=O) groups excluding carboxylic acids is 2. The van der Waals surface area contributed by atoms with E-state index in [1.165, 1.54) is 0 Å². The van der Waals surface area contributed by atoms with Gasteiger partial charge in [0.25, 0.3) is 0 Å². The minimum absolute atomic E-state index is 0.106. The third-order valence-electron chi connectivity index (χ3n) is 4.57. The van der Waals surface area contributed by atoms with E-state index in [4.69, 9.17) is 9.47 Å². The molecule has 1 aliphatic heterocycles. The summed E-state index contributed by atoms with van der Waals surface area (Å²) >= 11 is 0. The van der Waals surface area contributed by atoms with Crippen LogP contribution in [0.25, 0.3) is 0 Å². The second-order valence-electron chi connectivity index (χ2n) is 6.92. The fraction of sp³-hybridized carbons (Fsp3) is 0.600. The summed E-state index contributed by atoms with van der Waals surface area (Å²) in [6.45, 7) is 9.33. The second-order valence-corrected chi connectivity index (χ2v) is 6.92. The van der Waals surface area contributed by atoms with Crippen LogP contribution in [-0.2, 0) is 9.53 Å². The number of urea groups is 1. The number of nitrogens with zero attached hydrogens (tertiary/aromatic N) is 1. The summed E-state index contributed by atoms with van der Waals surface area (Å²) in [6, 6.07) is 7.70. The number of hydrogen-bond donors (Lipinski definition) is 1. The Kier molecular flexibility index (Phi) is 7.30. The molecular formula is C20H30N2O4. The number of hydrogen-bond acceptors (Lipinski definition) is 4. The third-order valence-corrected chi connectivity index (χ3v) is 4.57. The van der Waals surface area contributed by atoms with Crippen LogP contribution in [0.4, 0.5) is 4.79 Å². The van der Waals surface area contributed by atoms with E-state index in [-0.39, 0.29) is 17.9 Å². The van der Waals surface area contributed by atoms with Gasteiger partial charge in [0.15, 0.2) is 6.23 Å². The van der Waals surface area contributed by atoms with Gasteiger partial charge in [0.1, 0.15) is 5.75 Å². The molecule has 0 spiro atoms. The van der Waals surface area contributed by atoms with E-state index in [1.54, 1.807) is 11.8 Å². The summed E-state index contributed by atoms with van der Waals surface area (Å²) in [5.41, 5.74) is 1.11. The normalized spacial score (nSPS) is 16.3. The molecule has 2 amide bonds. The topological polar surface area (TPSA) is 67.9 Å². The average Bonchev–Trinajstić information content (AvgIpc) is 2.62. The molecule has 1 atom stereocenters. The summed E-state index contributed by atoms with van der Waals surface area (Å²) in [5.74, 6) is 0.868. The monoisotopic (exact) mass is 362 g/mol. The van der Waals surface area contributed by atoms with Crippen molar-refractivity contribution < 1.29 is 19.1 Å². The molecule has 6 nitrogen and oxygen atoms in total. The first-order chi connectivity index (χ1) is 12.4. The fourth-order valence-corrected chi connectivity index (χ4v) is 3.13. The molecule has 0 saturated carbocycles. The lowest BCUT2D eigenvalue weighted by Gasteiger charge is -2.32. The number of ether oxygens (including phenoxy) is 2. The third kappa shape index (κ3) is 5.38. The van der Waals surface area contributed by atoms with Gasteiger partial charge in [-0.15, -0.1) is 0 Å². The Labute approximate surface area is 155 Å². The SMILES string of the molecule is CCOC(=O)C1CCN(C(=O)NC(C)Oc2ccccc2C(C)C)CC1. The molecular weight excluding hydrogens is 332 g/mol. The van der Waals surface area contributed by atoms with Crippen molar-refractivity contribution in [3.63, 3.8) is 0 Å². The minimum Gasteiger partial charge on any atom is -0.471 e. The fourth-order valence-electron chi connectivity index (χ4n) is 3.13. The van der Waals surface area contributed by atoms with Gasteiger partial charge >= 0.3 is 12.0 Å². The predicted molar refractivity (Wildman–Crippen MR) is 100 cm³/mol. The van der Waals surface area contributed by atoms with E-state index in [1.807, 2.05) is 31.2 Å².